The van der Waals surface area contributed by atoms with Gasteiger partial charge in [-0.15, -0.1) is 0 Å². The molecule has 1 rings (SSSR count). The van der Waals surface area contributed by atoms with Gasteiger partial charge in [-0.25, -0.2) is 0 Å². The Morgan fingerprint density at radius 3 is 2.87 bits per heavy atom. The summed E-state index contributed by atoms with van der Waals surface area (Å²) in [6.07, 6.45) is 0.760. The largest absolute Gasteiger partial charge is 0.507 e. The van der Waals surface area contributed by atoms with Crippen molar-refractivity contribution in [2.75, 3.05) is 5.33 Å². The molecule has 3 heteroatoms. The minimum absolute atomic E-state index is 0.00791. The molecule has 1 aromatic rings. The summed E-state index contributed by atoms with van der Waals surface area (Å²) in [5.74, 6) is 5.72. The van der Waals surface area contributed by atoms with Crippen LogP contribution in [0.25, 0.3) is 0 Å². The van der Waals surface area contributed by atoms with Crippen molar-refractivity contribution in [3.05, 3.63) is 29.3 Å². The van der Waals surface area contributed by atoms with Gasteiger partial charge in [0.1, 0.15) is 5.75 Å². The summed E-state index contributed by atoms with van der Waals surface area (Å²) in [5, 5.41) is 10.2. The molecule has 0 saturated heterocycles. The van der Waals surface area contributed by atoms with Crippen LogP contribution >= 0.6 is 15.9 Å². The second kappa shape index (κ2) is 5.57. The second-order valence-corrected chi connectivity index (χ2v) is 3.82. The highest BCUT2D eigenvalue weighted by molar-refractivity contribution is 9.09. The Morgan fingerprint density at radius 2 is 2.27 bits per heavy atom. The zero-order valence-electron chi connectivity index (χ0n) is 8.38. The van der Waals surface area contributed by atoms with Crippen LogP contribution in [0.4, 0.5) is 0 Å². The van der Waals surface area contributed by atoms with Gasteiger partial charge in [0.25, 0.3) is 0 Å². The maximum absolute atomic E-state index is 11.1. The number of benzene rings is 1. The summed E-state index contributed by atoms with van der Waals surface area (Å²) in [6, 6.07) is 4.80. The maximum Gasteiger partial charge on any atom is 0.163 e. The van der Waals surface area contributed by atoms with Crippen molar-refractivity contribution in [2.45, 2.75) is 13.3 Å². The van der Waals surface area contributed by atoms with E-state index in [0.29, 0.717) is 5.56 Å². The van der Waals surface area contributed by atoms with Crippen molar-refractivity contribution in [2.24, 2.45) is 0 Å². The predicted octanol–water partition coefficient (Wildman–Crippen LogP) is 2.73. The number of phenols is 1. The van der Waals surface area contributed by atoms with Crippen molar-refractivity contribution in [3.8, 4) is 17.6 Å². The van der Waals surface area contributed by atoms with Gasteiger partial charge in [-0.1, -0.05) is 27.8 Å². The molecule has 0 aliphatic heterocycles. The van der Waals surface area contributed by atoms with E-state index in [-0.39, 0.29) is 11.5 Å². The smallest absolute Gasteiger partial charge is 0.163 e. The average Bonchev–Trinajstić information content (AvgIpc) is 2.20. The van der Waals surface area contributed by atoms with Gasteiger partial charge in [0, 0.05) is 17.3 Å². The third-order valence-corrected chi connectivity index (χ3v) is 2.22. The van der Waals surface area contributed by atoms with Crippen molar-refractivity contribution in [1.82, 2.24) is 0 Å². The van der Waals surface area contributed by atoms with Gasteiger partial charge in [-0.05, 0) is 25.1 Å². The van der Waals surface area contributed by atoms with Gasteiger partial charge in [0.2, 0.25) is 0 Å². The molecule has 0 radical (unpaired) electrons. The molecule has 2 nitrogen and oxygen atoms in total. The Balaban J connectivity index is 2.99. The van der Waals surface area contributed by atoms with Gasteiger partial charge >= 0.3 is 0 Å². The van der Waals surface area contributed by atoms with Crippen molar-refractivity contribution < 1.29 is 9.90 Å². The summed E-state index contributed by atoms with van der Waals surface area (Å²) in [6.45, 7) is 1.42. The van der Waals surface area contributed by atoms with Crippen LogP contribution in [0.5, 0.6) is 5.75 Å². The van der Waals surface area contributed by atoms with E-state index in [2.05, 4.69) is 27.8 Å². The Bertz CT molecular complexity index is 427. The highest BCUT2D eigenvalue weighted by Crippen LogP contribution is 2.18. The summed E-state index contributed by atoms with van der Waals surface area (Å²) in [7, 11) is 0. The molecule has 78 valence electrons. The minimum Gasteiger partial charge on any atom is -0.507 e. The standard InChI is InChI=1S/C12H11BrO2/c1-9(14)11-8-10(4-2-3-7-13)5-6-12(11)15/h5-6,8,15H,3,7H2,1H3. The number of ketones is 1. The molecule has 0 fully saturated rings. The monoisotopic (exact) mass is 266 g/mol. The number of carbonyl (C=O) groups is 1. The van der Waals surface area contributed by atoms with E-state index in [9.17, 15) is 9.90 Å². The minimum atomic E-state index is -0.156. The van der Waals surface area contributed by atoms with Gasteiger partial charge in [0.05, 0.1) is 5.56 Å². The molecule has 0 amide bonds. The molecular formula is C12H11BrO2. The molecule has 0 aliphatic rings. The second-order valence-electron chi connectivity index (χ2n) is 3.03. The quantitative estimate of drug-likeness (QED) is 0.508. The number of hydrogen-bond donors (Lipinski definition) is 1. The first-order valence-corrected chi connectivity index (χ1v) is 5.66. The predicted molar refractivity (Wildman–Crippen MR) is 63.4 cm³/mol. The number of Topliss-reactive ketones (excluding diaryl/α,β-unsaturated/α-hetero) is 1. The fourth-order valence-corrected chi connectivity index (χ4v) is 1.31. The number of rotatable bonds is 2. The molecule has 0 unspecified atom stereocenters. The van der Waals surface area contributed by atoms with E-state index in [1.165, 1.54) is 13.0 Å². The van der Waals surface area contributed by atoms with Crippen LogP contribution in [0.1, 0.15) is 29.3 Å². The average molecular weight is 267 g/mol. The van der Waals surface area contributed by atoms with Crippen LogP contribution < -0.4 is 0 Å². The first-order valence-electron chi connectivity index (χ1n) is 4.54. The summed E-state index contributed by atoms with van der Waals surface area (Å²) < 4.78 is 0. The maximum atomic E-state index is 11.1. The van der Waals surface area contributed by atoms with Crippen LogP contribution in [0.2, 0.25) is 0 Å². The SMILES string of the molecule is CC(=O)c1cc(C#CCCBr)ccc1O. The normalized spacial score (nSPS) is 9.20. The third kappa shape index (κ3) is 3.41. The number of phenolic OH excluding ortho intramolecular Hbond substituents is 1. The molecule has 1 N–H and O–H groups in total. The Hall–Kier alpha value is -1.27. The number of hydrogen-bond acceptors (Lipinski definition) is 2. The first kappa shape index (κ1) is 11.8. The van der Waals surface area contributed by atoms with Crippen molar-refractivity contribution >= 4 is 21.7 Å². The lowest BCUT2D eigenvalue weighted by Gasteiger charge is -2.00. The zero-order valence-corrected chi connectivity index (χ0v) is 9.97. The van der Waals surface area contributed by atoms with Crippen LogP contribution in [0, 0.1) is 11.8 Å². The summed E-state index contributed by atoms with van der Waals surface area (Å²) in [4.78, 5) is 11.1. The van der Waals surface area contributed by atoms with Crippen molar-refractivity contribution in [3.63, 3.8) is 0 Å². The molecule has 0 aromatic heterocycles. The third-order valence-electron chi connectivity index (χ3n) is 1.83. The molecule has 0 saturated carbocycles. The lowest BCUT2D eigenvalue weighted by Crippen LogP contribution is -1.93. The lowest BCUT2D eigenvalue weighted by atomic mass is 10.1. The molecule has 15 heavy (non-hydrogen) atoms. The van der Waals surface area contributed by atoms with E-state index < -0.39 is 0 Å². The number of alkyl halides is 1. The number of aromatic hydroxyl groups is 1. The van der Waals surface area contributed by atoms with Crippen LogP contribution in [0.3, 0.4) is 0 Å². The van der Waals surface area contributed by atoms with E-state index in [1.807, 2.05) is 0 Å². The van der Waals surface area contributed by atoms with Crippen LogP contribution in [-0.2, 0) is 0 Å². The topological polar surface area (TPSA) is 37.3 Å². The first-order chi connectivity index (χ1) is 7.15. The lowest BCUT2D eigenvalue weighted by molar-refractivity contribution is 0.101. The molecule has 0 aliphatic carbocycles. The molecule has 0 heterocycles. The van der Waals surface area contributed by atoms with Gasteiger partial charge in [-0.3, -0.25) is 4.79 Å². The number of carbonyl (C=O) groups excluding carboxylic acids is 1. The summed E-state index contributed by atoms with van der Waals surface area (Å²) in [5.41, 5.74) is 1.07. The Morgan fingerprint density at radius 1 is 1.53 bits per heavy atom. The molecule has 0 bridgehead atoms. The van der Waals surface area contributed by atoms with E-state index in [1.54, 1.807) is 12.1 Å². The molecule has 0 spiro atoms. The highest BCUT2D eigenvalue weighted by Gasteiger charge is 2.05. The Labute approximate surface area is 97.4 Å². The van der Waals surface area contributed by atoms with E-state index in [4.69, 9.17) is 0 Å². The fraction of sp³-hybridized carbons (Fsp3) is 0.250. The highest BCUT2D eigenvalue weighted by atomic mass is 79.9. The van der Waals surface area contributed by atoms with Crippen LogP contribution in [0.15, 0.2) is 18.2 Å². The van der Waals surface area contributed by atoms with Gasteiger partial charge in [0.15, 0.2) is 5.78 Å². The number of halogens is 1. The Kier molecular flexibility index (Phi) is 4.38. The van der Waals surface area contributed by atoms with E-state index in [0.717, 1.165) is 17.3 Å². The van der Waals surface area contributed by atoms with Gasteiger partial charge in [-0.2, -0.15) is 0 Å². The molecular weight excluding hydrogens is 256 g/mol. The molecule has 0 atom stereocenters. The van der Waals surface area contributed by atoms with E-state index >= 15 is 0 Å². The summed E-state index contributed by atoms with van der Waals surface area (Å²) >= 11 is 3.28. The zero-order chi connectivity index (χ0) is 11.3. The van der Waals surface area contributed by atoms with Crippen molar-refractivity contribution in [1.29, 1.82) is 0 Å². The van der Waals surface area contributed by atoms with Gasteiger partial charge < -0.3 is 5.11 Å². The fourth-order valence-electron chi connectivity index (χ4n) is 1.11. The molecule has 1 aromatic carbocycles. The van der Waals surface area contributed by atoms with Crippen LogP contribution in [-0.4, -0.2) is 16.2 Å².